The molecule has 0 amide bonds. The molecule has 1 N–H and O–H groups in total. The van der Waals surface area contributed by atoms with Crippen LogP contribution in [-0.4, -0.2) is 49.3 Å². The normalized spacial score (nSPS) is 19.2. The van der Waals surface area contributed by atoms with Crippen molar-refractivity contribution in [1.82, 2.24) is 30.1 Å². The van der Waals surface area contributed by atoms with Gasteiger partial charge in [0.1, 0.15) is 6.04 Å². The fourth-order valence-electron chi connectivity index (χ4n) is 5.65. The Hall–Kier alpha value is -3.36. The Morgan fingerprint density at radius 1 is 1.17 bits per heavy atom. The van der Waals surface area contributed by atoms with Crippen molar-refractivity contribution in [3.8, 4) is 0 Å². The van der Waals surface area contributed by atoms with Gasteiger partial charge in [0.15, 0.2) is 5.82 Å². The van der Waals surface area contributed by atoms with Crippen LogP contribution in [0.25, 0.3) is 10.9 Å². The molecule has 8 nitrogen and oxygen atoms in total. The highest BCUT2D eigenvalue weighted by molar-refractivity contribution is 5.83. The zero-order valence-electron chi connectivity index (χ0n) is 20.2. The predicted molar refractivity (Wildman–Crippen MR) is 133 cm³/mol. The van der Waals surface area contributed by atoms with E-state index in [1.807, 2.05) is 23.7 Å². The highest BCUT2D eigenvalue weighted by Crippen LogP contribution is 2.32. The van der Waals surface area contributed by atoms with Crippen molar-refractivity contribution >= 4 is 10.9 Å². The van der Waals surface area contributed by atoms with Crippen LogP contribution in [0.15, 0.2) is 47.3 Å². The van der Waals surface area contributed by atoms with Gasteiger partial charge in [-0.25, -0.2) is 4.68 Å². The zero-order chi connectivity index (χ0) is 23.9. The summed E-state index contributed by atoms with van der Waals surface area (Å²) >= 11 is 0. The van der Waals surface area contributed by atoms with Crippen molar-refractivity contribution in [1.29, 1.82) is 0 Å². The average molecular weight is 471 g/mol. The molecule has 4 aromatic rings. The van der Waals surface area contributed by atoms with Crippen LogP contribution in [0.2, 0.25) is 0 Å². The van der Waals surface area contributed by atoms with Crippen LogP contribution in [-0.2, 0) is 24.2 Å². The Labute approximate surface area is 203 Å². The summed E-state index contributed by atoms with van der Waals surface area (Å²) < 4.78 is 7.71. The van der Waals surface area contributed by atoms with Crippen molar-refractivity contribution in [2.45, 2.75) is 58.3 Å². The van der Waals surface area contributed by atoms with Crippen molar-refractivity contribution in [3.63, 3.8) is 0 Å². The summed E-state index contributed by atoms with van der Waals surface area (Å²) in [6, 6.07) is 14.4. The molecular weight excluding hydrogens is 440 g/mol. The molecule has 2 aromatic heterocycles. The van der Waals surface area contributed by atoms with Gasteiger partial charge in [0.25, 0.3) is 5.56 Å². The van der Waals surface area contributed by atoms with Crippen LogP contribution in [0.4, 0.5) is 0 Å². The molecule has 1 saturated heterocycles. The van der Waals surface area contributed by atoms with Crippen molar-refractivity contribution in [3.05, 3.63) is 86.5 Å². The first-order valence-electron chi connectivity index (χ1n) is 12.4. The van der Waals surface area contributed by atoms with E-state index in [0.29, 0.717) is 17.9 Å². The zero-order valence-corrected chi connectivity index (χ0v) is 20.2. The first-order chi connectivity index (χ1) is 17.1. The Morgan fingerprint density at radius 3 is 2.86 bits per heavy atom. The van der Waals surface area contributed by atoms with Crippen LogP contribution < -0.4 is 5.56 Å². The number of rotatable bonds is 5. The second-order valence-electron chi connectivity index (χ2n) is 9.84. The molecule has 4 heterocycles. The van der Waals surface area contributed by atoms with Crippen LogP contribution in [0.5, 0.6) is 0 Å². The minimum absolute atomic E-state index is 0.0973. The van der Waals surface area contributed by atoms with E-state index in [0.717, 1.165) is 61.0 Å². The monoisotopic (exact) mass is 470 g/mol. The number of fused-ring (bicyclic) bond motifs is 2. The summed E-state index contributed by atoms with van der Waals surface area (Å²) in [5, 5.41) is 13.9. The summed E-state index contributed by atoms with van der Waals surface area (Å²) in [4.78, 5) is 19.0. The maximum Gasteiger partial charge on any atom is 0.253 e. The molecule has 0 bridgehead atoms. The number of aryl methyl sites for hydroxylation is 2. The van der Waals surface area contributed by atoms with E-state index >= 15 is 0 Å². The number of aromatic nitrogens is 5. The lowest BCUT2D eigenvalue weighted by molar-refractivity contribution is 0.0904. The summed E-state index contributed by atoms with van der Waals surface area (Å²) in [6.07, 6.45) is 3.07. The first kappa shape index (κ1) is 22.1. The lowest BCUT2D eigenvalue weighted by Gasteiger charge is -2.35. The number of hydrogen-bond donors (Lipinski definition) is 1. The molecule has 6 rings (SSSR count). The molecule has 0 aliphatic carbocycles. The van der Waals surface area contributed by atoms with Gasteiger partial charge in [-0.15, -0.1) is 5.10 Å². The molecule has 8 heteroatoms. The molecule has 0 spiro atoms. The fraction of sp³-hybridized carbons (Fsp3) is 0.407. The summed E-state index contributed by atoms with van der Waals surface area (Å²) in [5.41, 5.74) is 6.34. The Balaban J connectivity index is 1.48. The van der Waals surface area contributed by atoms with Gasteiger partial charge in [-0.3, -0.25) is 9.69 Å². The average Bonchev–Trinajstić information content (AvgIpc) is 3.53. The minimum atomic E-state index is -0.367. The standard InChI is InChI=1S/C27H30N6O2/c1-17-12-18(2)22-14-23(27(34)28-24(22)13-17)25(32-10-9-19-6-3-4-7-20(19)15-32)26-29-30-31-33(26)16-21-8-5-11-35-21/h3-4,6-7,12-14,21,25H,5,8-11,15-16H2,1-2H3,(H,28,34)/t21-,25+/m1/s1. The predicted octanol–water partition coefficient (Wildman–Crippen LogP) is 3.46. The maximum absolute atomic E-state index is 13.6. The van der Waals surface area contributed by atoms with Gasteiger partial charge in [0, 0.05) is 36.2 Å². The lowest BCUT2D eigenvalue weighted by Crippen LogP contribution is -2.39. The fourth-order valence-corrected chi connectivity index (χ4v) is 5.65. The third-order valence-corrected chi connectivity index (χ3v) is 7.37. The van der Waals surface area contributed by atoms with Gasteiger partial charge >= 0.3 is 0 Å². The van der Waals surface area contributed by atoms with E-state index < -0.39 is 0 Å². The van der Waals surface area contributed by atoms with Gasteiger partial charge in [-0.2, -0.15) is 0 Å². The van der Waals surface area contributed by atoms with E-state index in [2.05, 4.69) is 62.7 Å². The van der Waals surface area contributed by atoms with Gasteiger partial charge < -0.3 is 9.72 Å². The van der Waals surface area contributed by atoms with Crippen LogP contribution in [0, 0.1) is 13.8 Å². The van der Waals surface area contributed by atoms with Gasteiger partial charge in [0.2, 0.25) is 0 Å². The van der Waals surface area contributed by atoms with Crippen LogP contribution in [0.3, 0.4) is 0 Å². The molecule has 2 atom stereocenters. The molecule has 0 unspecified atom stereocenters. The van der Waals surface area contributed by atoms with E-state index in [1.54, 1.807) is 0 Å². The van der Waals surface area contributed by atoms with Gasteiger partial charge in [-0.05, 0) is 77.9 Å². The molecule has 0 saturated carbocycles. The summed E-state index contributed by atoms with van der Waals surface area (Å²) in [6.45, 7) is 7.05. The number of nitrogens with zero attached hydrogens (tertiary/aromatic N) is 5. The molecule has 2 aliphatic heterocycles. The van der Waals surface area contributed by atoms with E-state index in [-0.39, 0.29) is 17.7 Å². The molecule has 2 aromatic carbocycles. The highest BCUT2D eigenvalue weighted by atomic mass is 16.5. The SMILES string of the molecule is Cc1cc(C)c2cc([C@@H](c3nnnn3C[C@H]3CCCO3)N3CCc4ccccc4C3)c(=O)[nH]c2c1. The van der Waals surface area contributed by atoms with Gasteiger partial charge in [0.05, 0.1) is 12.6 Å². The summed E-state index contributed by atoms with van der Waals surface area (Å²) in [7, 11) is 0. The molecule has 35 heavy (non-hydrogen) atoms. The van der Waals surface area contributed by atoms with Crippen LogP contribution >= 0.6 is 0 Å². The third-order valence-electron chi connectivity index (χ3n) is 7.37. The smallest absolute Gasteiger partial charge is 0.253 e. The maximum atomic E-state index is 13.6. The number of aromatic amines is 1. The Morgan fingerprint density at radius 2 is 2.03 bits per heavy atom. The molecular formula is C27H30N6O2. The molecule has 2 aliphatic rings. The highest BCUT2D eigenvalue weighted by Gasteiger charge is 2.33. The quantitative estimate of drug-likeness (QED) is 0.481. The largest absolute Gasteiger partial charge is 0.376 e. The summed E-state index contributed by atoms with van der Waals surface area (Å²) in [5.74, 6) is 0.689. The topological polar surface area (TPSA) is 88.9 Å². The number of ether oxygens (including phenoxy) is 1. The Kier molecular flexibility index (Phi) is 5.70. The molecule has 180 valence electrons. The Bertz CT molecular complexity index is 1440. The van der Waals surface area contributed by atoms with Crippen molar-refractivity contribution in [2.24, 2.45) is 0 Å². The second kappa shape index (κ2) is 9.02. The number of H-pyrrole nitrogens is 1. The molecule has 1 fully saturated rings. The van der Waals surface area contributed by atoms with E-state index in [1.165, 1.54) is 11.1 Å². The minimum Gasteiger partial charge on any atom is -0.376 e. The number of hydrogen-bond acceptors (Lipinski definition) is 6. The lowest BCUT2D eigenvalue weighted by atomic mass is 9.95. The number of nitrogens with one attached hydrogen (secondary N) is 1. The van der Waals surface area contributed by atoms with Gasteiger partial charge in [-0.1, -0.05) is 30.3 Å². The van der Waals surface area contributed by atoms with Crippen molar-refractivity contribution < 1.29 is 4.74 Å². The van der Waals surface area contributed by atoms with Crippen LogP contribution in [0.1, 0.15) is 52.5 Å². The third kappa shape index (κ3) is 4.17. The van der Waals surface area contributed by atoms with E-state index in [4.69, 9.17) is 4.74 Å². The molecule has 0 radical (unpaired) electrons. The number of tetrazole rings is 1. The first-order valence-corrected chi connectivity index (χ1v) is 12.4. The number of benzene rings is 2. The second-order valence-corrected chi connectivity index (χ2v) is 9.84. The van der Waals surface area contributed by atoms with Crippen molar-refractivity contribution in [2.75, 3.05) is 13.2 Å². The van der Waals surface area contributed by atoms with E-state index in [9.17, 15) is 4.79 Å². The number of pyridine rings is 1.